The molecule has 1 aromatic heterocycles. The standard InChI is InChI=1S/C13H20N4/c1-3-6-10(7-4-2)11-8-5-9-16-12(11)17-13(14)15/h5-6,8-9H,3-4,7H2,1-2H3,(H4,14,15,16,17). The number of nitrogens with two attached hydrogens (primary N) is 2. The molecule has 1 aromatic rings. The Balaban J connectivity index is 3.18. The first kappa shape index (κ1) is 13.2. The number of guanidine groups is 1. The maximum absolute atomic E-state index is 5.41. The first-order valence-electron chi connectivity index (χ1n) is 5.93. The minimum absolute atomic E-state index is 0.0392. The average molecular weight is 232 g/mol. The van der Waals surface area contributed by atoms with Crippen molar-refractivity contribution < 1.29 is 0 Å². The maximum atomic E-state index is 5.41. The molecule has 0 fully saturated rings. The molecule has 1 rings (SSSR count). The highest BCUT2D eigenvalue weighted by Crippen LogP contribution is 2.27. The lowest BCUT2D eigenvalue weighted by Gasteiger charge is -2.08. The highest BCUT2D eigenvalue weighted by atomic mass is 15.0. The Kier molecular flexibility index (Phi) is 5.20. The first-order valence-corrected chi connectivity index (χ1v) is 5.93. The van der Waals surface area contributed by atoms with Gasteiger partial charge in [-0.25, -0.2) is 4.98 Å². The van der Waals surface area contributed by atoms with Gasteiger partial charge in [0.2, 0.25) is 0 Å². The summed E-state index contributed by atoms with van der Waals surface area (Å²) >= 11 is 0. The second-order valence-electron chi connectivity index (χ2n) is 3.80. The molecule has 4 N–H and O–H groups in total. The minimum atomic E-state index is 0.0392. The van der Waals surface area contributed by atoms with E-state index in [0.29, 0.717) is 5.82 Å². The van der Waals surface area contributed by atoms with Gasteiger partial charge in [0, 0.05) is 11.8 Å². The van der Waals surface area contributed by atoms with Gasteiger partial charge in [0.1, 0.15) is 0 Å². The fraction of sp³-hybridized carbons (Fsp3) is 0.385. The third kappa shape index (κ3) is 3.90. The topological polar surface area (TPSA) is 77.3 Å². The van der Waals surface area contributed by atoms with E-state index < -0.39 is 0 Å². The van der Waals surface area contributed by atoms with Gasteiger partial charge in [0.15, 0.2) is 11.8 Å². The summed E-state index contributed by atoms with van der Waals surface area (Å²) in [6.07, 6.45) is 6.98. The molecule has 92 valence electrons. The largest absolute Gasteiger partial charge is 0.370 e. The van der Waals surface area contributed by atoms with E-state index in [-0.39, 0.29) is 5.96 Å². The normalized spacial score (nSPS) is 11.3. The minimum Gasteiger partial charge on any atom is -0.370 e. The molecule has 0 atom stereocenters. The van der Waals surface area contributed by atoms with E-state index in [1.54, 1.807) is 6.20 Å². The van der Waals surface area contributed by atoms with Crippen molar-refractivity contribution in [2.75, 3.05) is 0 Å². The van der Waals surface area contributed by atoms with Crippen molar-refractivity contribution in [3.05, 3.63) is 30.0 Å². The molecule has 0 bridgehead atoms. The average Bonchev–Trinajstić information content (AvgIpc) is 2.29. The van der Waals surface area contributed by atoms with Crippen molar-refractivity contribution in [3.8, 4) is 0 Å². The summed E-state index contributed by atoms with van der Waals surface area (Å²) in [5.41, 5.74) is 13.1. The molecule has 4 nitrogen and oxygen atoms in total. The van der Waals surface area contributed by atoms with E-state index in [2.05, 4.69) is 29.9 Å². The van der Waals surface area contributed by atoms with Crippen LogP contribution in [0.5, 0.6) is 0 Å². The Labute approximate surface area is 102 Å². The third-order valence-corrected chi connectivity index (χ3v) is 2.34. The molecule has 0 aliphatic heterocycles. The molecule has 0 unspecified atom stereocenters. The van der Waals surface area contributed by atoms with Crippen LogP contribution in [0, 0.1) is 0 Å². The van der Waals surface area contributed by atoms with Crippen molar-refractivity contribution in [3.63, 3.8) is 0 Å². The van der Waals surface area contributed by atoms with Crippen LogP contribution in [0.25, 0.3) is 5.57 Å². The number of nitrogens with zero attached hydrogens (tertiary/aromatic N) is 2. The molecule has 0 aromatic carbocycles. The Morgan fingerprint density at radius 3 is 2.76 bits per heavy atom. The zero-order chi connectivity index (χ0) is 12.7. The van der Waals surface area contributed by atoms with E-state index >= 15 is 0 Å². The second-order valence-corrected chi connectivity index (χ2v) is 3.80. The summed E-state index contributed by atoms with van der Waals surface area (Å²) < 4.78 is 0. The van der Waals surface area contributed by atoms with Gasteiger partial charge in [-0.3, -0.25) is 0 Å². The summed E-state index contributed by atoms with van der Waals surface area (Å²) in [5, 5.41) is 0. The molecule has 0 saturated carbocycles. The molecule has 1 heterocycles. The predicted octanol–water partition coefficient (Wildman–Crippen LogP) is 2.58. The van der Waals surface area contributed by atoms with Crippen molar-refractivity contribution >= 4 is 17.4 Å². The van der Waals surface area contributed by atoms with E-state index in [1.807, 2.05) is 12.1 Å². The quantitative estimate of drug-likeness (QED) is 0.605. The number of aromatic nitrogens is 1. The van der Waals surface area contributed by atoms with Gasteiger partial charge in [-0.05, 0) is 30.5 Å². The van der Waals surface area contributed by atoms with E-state index in [4.69, 9.17) is 11.5 Å². The molecule has 17 heavy (non-hydrogen) atoms. The lowest BCUT2D eigenvalue weighted by Crippen LogP contribution is -2.22. The van der Waals surface area contributed by atoms with Gasteiger partial charge in [-0.2, -0.15) is 4.99 Å². The Morgan fingerprint density at radius 2 is 2.18 bits per heavy atom. The fourth-order valence-corrected chi connectivity index (χ4v) is 1.72. The molecule has 0 aliphatic rings. The highest BCUT2D eigenvalue weighted by Gasteiger charge is 2.07. The monoisotopic (exact) mass is 232 g/mol. The summed E-state index contributed by atoms with van der Waals surface area (Å²) in [4.78, 5) is 8.28. The summed E-state index contributed by atoms with van der Waals surface area (Å²) in [5.74, 6) is 0.637. The Bertz CT molecular complexity index is 417. The van der Waals surface area contributed by atoms with E-state index in [9.17, 15) is 0 Å². The van der Waals surface area contributed by atoms with Crippen LogP contribution < -0.4 is 11.5 Å². The van der Waals surface area contributed by atoms with Crippen LogP contribution in [-0.4, -0.2) is 10.9 Å². The van der Waals surface area contributed by atoms with Crippen LogP contribution in [0.2, 0.25) is 0 Å². The summed E-state index contributed by atoms with van der Waals surface area (Å²) in [6.45, 7) is 4.27. The number of allylic oxidation sites excluding steroid dienone is 2. The van der Waals surface area contributed by atoms with Gasteiger partial charge >= 0.3 is 0 Å². The SMILES string of the molecule is CCC=C(CCC)c1cccnc1N=C(N)N. The zero-order valence-corrected chi connectivity index (χ0v) is 10.5. The smallest absolute Gasteiger partial charge is 0.192 e. The van der Waals surface area contributed by atoms with Crippen molar-refractivity contribution in [1.29, 1.82) is 0 Å². The van der Waals surface area contributed by atoms with Gasteiger partial charge < -0.3 is 11.5 Å². The maximum Gasteiger partial charge on any atom is 0.192 e. The van der Waals surface area contributed by atoms with Crippen LogP contribution in [0.1, 0.15) is 38.7 Å². The van der Waals surface area contributed by atoms with Gasteiger partial charge in [-0.15, -0.1) is 0 Å². The molecule has 0 spiro atoms. The van der Waals surface area contributed by atoms with Crippen LogP contribution >= 0.6 is 0 Å². The van der Waals surface area contributed by atoms with Crippen LogP contribution in [0.3, 0.4) is 0 Å². The first-order chi connectivity index (χ1) is 8.19. The van der Waals surface area contributed by atoms with E-state index in [1.165, 1.54) is 5.57 Å². The number of aliphatic imine (C=N–C) groups is 1. The molecule has 4 heteroatoms. The summed E-state index contributed by atoms with van der Waals surface area (Å²) in [6, 6.07) is 3.91. The van der Waals surface area contributed by atoms with Crippen LogP contribution in [0.15, 0.2) is 29.4 Å². The van der Waals surface area contributed by atoms with Crippen LogP contribution in [-0.2, 0) is 0 Å². The van der Waals surface area contributed by atoms with Crippen LogP contribution in [0.4, 0.5) is 5.82 Å². The fourth-order valence-electron chi connectivity index (χ4n) is 1.72. The Hall–Kier alpha value is -1.84. The van der Waals surface area contributed by atoms with Crippen molar-refractivity contribution in [2.24, 2.45) is 16.5 Å². The number of pyridine rings is 1. The van der Waals surface area contributed by atoms with Gasteiger partial charge in [0.25, 0.3) is 0 Å². The molecular weight excluding hydrogens is 212 g/mol. The Morgan fingerprint density at radius 1 is 1.41 bits per heavy atom. The lowest BCUT2D eigenvalue weighted by molar-refractivity contribution is 0.965. The van der Waals surface area contributed by atoms with Crippen molar-refractivity contribution in [2.45, 2.75) is 33.1 Å². The third-order valence-electron chi connectivity index (χ3n) is 2.34. The molecule has 0 amide bonds. The highest BCUT2D eigenvalue weighted by molar-refractivity contribution is 5.82. The van der Waals surface area contributed by atoms with Gasteiger partial charge in [0.05, 0.1) is 0 Å². The molecule has 0 radical (unpaired) electrons. The second kappa shape index (κ2) is 6.68. The zero-order valence-electron chi connectivity index (χ0n) is 10.5. The molecular formula is C13H20N4. The predicted molar refractivity (Wildman–Crippen MR) is 72.9 cm³/mol. The number of rotatable bonds is 5. The summed E-state index contributed by atoms with van der Waals surface area (Å²) in [7, 11) is 0. The lowest BCUT2D eigenvalue weighted by atomic mass is 10.0. The number of hydrogen-bond donors (Lipinski definition) is 2. The molecule has 0 aliphatic carbocycles. The van der Waals surface area contributed by atoms with Gasteiger partial charge in [-0.1, -0.05) is 26.3 Å². The van der Waals surface area contributed by atoms with Crippen molar-refractivity contribution in [1.82, 2.24) is 4.98 Å². The number of hydrogen-bond acceptors (Lipinski definition) is 2. The van der Waals surface area contributed by atoms with E-state index in [0.717, 1.165) is 24.8 Å². The molecule has 0 saturated heterocycles.